The van der Waals surface area contributed by atoms with Gasteiger partial charge in [-0.3, -0.25) is 0 Å². The fourth-order valence-electron chi connectivity index (χ4n) is 2.85. The number of ether oxygens (including phenoxy) is 4. The van der Waals surface area contributed by atoms with E-state index >= 15 is 0 Å². The maximum Gasteiger partial charge on any atom is 0.317 e. The lowest BCUT2D eigenvalue weighted by Crippen LogP contribution is -2.40. The molecule has 146 valence electrons. The molecule has 3 heterocycles. The average Bonchev–Trinajstić information content (AvgIpc) is 3.15. The molecule has 2 saturated heterocycles. The van der Waals surface area contributed by atoms with Crippen molar-refractivity contribution in [1.82, 2.24) is 9.97 Å². The molecule has 3 rings (SSSR count). The van der Waals surface area contributed by atoms with Crippen molar-refractivity contribution in [3.63, 3.8) is 0 Å². The van der Waals surface area contributed by atoms with Crippen LogP contribution in [0.25, 0.3) is 0 Å². The molecule has 2 aliphatic heterocycles. The third-order valence-corrected chi connectivity index (χ3v) is 10.1. The van der Waals surface area contributed by atoms with Gasteiger partial charge in [0.15, 0.2) is 14.4 Å². The zero-order chi connectivity index (χ0) is 18.9. The first-order chi connectivity index (χ1) is 12.2. The van der Waals surface area contributed by atoms with E-state index < -0.39 is 8.32 Å². The molecule has 0 aliphatic carbocycles. The van der Waals surface area contributed by atoms with E-state index in [1.807, 2.05) is 6.07 Å². The zero-order valence-corrected chi connectivity index (χ0v) is 17.5. The summed E-state index contributed by atoms with van der Waals surface area (Å²) >= 11 is 0. The second-order valence-corrected chi connectivity index (χ2v) is 13.2. The Balaban J connectivity index is 1.60. The molecule has 2 fully saturated rings. The molecule has 0 unspecified atom stereocenters. The Labute approximate surface area is 156 Å². The molecule has 1 aromatic heterocycles. The molecule has 0 N–H and O–H groups in total. The summed E-state index contributed by atoms with van der Waals surface area (Å²) in [6.45, 7) is 12.6. The van der Waals surface area contributed by atoms with Crippen LogP contribution in [0.15, 0.2) is 12.3 Å². The van der Waals surface area contributed by atoms with Gasteiger partial charge in [-0.05, 0) is 24.2 Å². The van der Waals surface area contributed by atoms with Crippen LogP contribution in [-0.2, 0) is 25.2 Å². The van der Waals surface area contributed by atoms with Crippen molar-refractivity contribution in [2.24, 2.45) is 0 Å². The van der Waals surface area contributed by atoms with Gasteiger partial charge in [-0.2, -0.15) is 4.98 Å². The summed E-state index contributed by atoms with van der Waals surface area (Å²) in [4.78, 5) is 8.73. The van der Waals surface area contributed by atoms with Gasteiger partial charge in [0.1, 0.15) is 18.3 Å². The molecular formula is C18H30N2O5Si. The molecule has 8 heteroatoms. The Morgan fingerprint density at radius 2 is 1.81 bits per heavy atom. The fraction of sp³-hybridized carbons (Fsp3) is 0.778. The molecule has 0 spiro atoms. The summed E-state index contributed by atoms with van der Waals surface area (Å²) in [7, 11) is -0.156. The number of nitrogens with zero attached hydrogens (tertiary/aromatic N) is 2. The zero-order valence-electron chi connectivity index (χ0n) is 16.5. The SMILES string of the molecule is CO[C@@H]1CO[C@H]2[C@@H]1OC[C@H]2Oc1nccc(CO[Si](C)(C)C(C)(C)C)n1. The van der Waals surface area contributed by atoms with E-state index in [-0.39, 0.29) is 29.5 Å². The summed E-state index contributed by atoms with van der Waals surface area (Å²) in [5, 5.41) is 0.160. The Bertz CT molecular complexity index is 622. The molecule has 0 aromatic carbocycles. The molecule has 1 aromatic rings. The average molecular weight is 383 g/mol. The quantitative estimate of drug-likeness (QED) is 0.700. The predicted molar refractivity (Wildman–Crippen MR) is 98.7 cm³/mol. The Kier molecular flexibility index (Phi) is 5.69. The van der Waals surface area contributed by atoms with Gasteiger partial charge in [-0.25, -0.2) is 4.98 Å². The minimum Gasteiger partial charge on any atom is -0.455 e. The topological polar surface area (TPSA) is 71.9 Å². The number of fused-ring (bicyclic) bond motifs is 1. The van der Waals surface area contributed by atoms with Crippen molar-refractivity contribution in [3.8, 4) is 6.01 Å². The highest BCUT2D eigenvalue weighted by Crippen LogP contribution is 2.37. The van der Waals surface area contributed by atoms with Gasteiger partial charge in [0.2, 0.25) is 0 Å². The Morgan fingerprint density at radius 1 is 1.15 bits per heavy atom. The van der Waals surface area contributed by atoms with Crippen LogP contribution in [0.5, 0.6) is 6.01 Å². The van der Waals surface area contributed by atoms with Crippen molar-refractivity contribution in [3.05, 3.63) is 18.0 Å². The number of aromatic nitrogens is 2. The van der Waals surface area contributed by atoms with Crippen LogP contribution < -0.4 is 4.74 Å². The number of methoxy groups -OCH3 is 1. The van der Waals surface area contributed by atoms with Gasteiger partial charge in [0.05, 0.1) is 25.5 Å². The van der Waals surface area contributed by atoms with Crippen LogP contribution in [-0.4, -0.2) is 63.0 Å². The first-order valence-corrected chi connectivity index (χ1v) is 12.0. The highest BCUT2D eigenvalue weighted by atomic mass is 28.4. The van der Waals surface area contributed by atoms with Crippen LogP contribution in [0.3, 0.4) is 0 Å². The Morgan fingerprint density at radius 3 is 2.46 bits per heavy atom. The van der Waals surface area contributed by atoms with Crippen molar-refractivity contribution in [1.29, 1.82) is 0 Å². The van der Waals surface area contributed by atoms with Gasteiger partial charge < -0.3 is 23.4 Å². The lowest BCUT2D eigenvalue weighted by molar-refractivity contribution is -0.0146. The number of hydrogen-bond acceptors (Lipinski definition) is 7. The van der Waals surface area contributed by atoms with Crippen LogP contribution in [0, 0.1) is 0 Å². The van der Waals surface area contributed by atoms with Crippen molar-refractivity contribution < 1.29 is 23.4 Å². The summed E-state index contributed by atoms with van der Waals surface area (Å²) in [6, 6.07) is 2.20. The third kappa shape index (κ3) is 4.09. The van der Waals surface area contributed by atoms with E-state index in [2.05, 4.69) is 43.8 Å². The standard InChI is InChI=1S/C18H30N2O5Si/c1-18(2,3)26(5,6)24-9-12-7-8-19-17(20-12)25-14-11-23-15-13(21-4)10-22-16(14)15/h7-8,13-16H,9-11H2,1-6H3/t13-,14-,15-,16-/m1/s1. The van der Waals surface area contributed by atoms with Crippen molar-refractivity contribution in [2.75, 3.05) is 20.3 Å². The van der Waals surface area contributed by atoms with Crippen LogP contribution in [0.2, 0.25) is 18.1 Å². The largest absolute Gasteiger partial charge is 0.455 e. The van der Waals surface area contributed by atoms with E-state index in [0.717, 1.165) is 5.69 Å². The van der Waals surface area contributed by atoms with E-state index in [0.29, 0.717) is 25.8 Å². The molecule has 0 saturated carbocycles. The summed E-state index contributed by atoms with van der Waals surface area (Å²) in [5.41, 5.74) is 0.817. The molecule has 0 amide bonds. The van der Waals surface area contributed by atoms with Crippen molar-refractivity contribution >= 4 is 8.32 Å². The first-order valence-electron chi connectivity index (χ1n) is 9.10. The fourth-order valence-corrected chi connectivity index (χ4v) is 3.79. The smallest absolute Gasteiger partial charge is 0.317 e. The lowest BCUT2D eigenvalue weighted by Gasteiger charge is -2.36. The molecule has 2 aliphatic rings. The lowest BCUT2D eigenvalue weighted by atomic mass is 10.1. The van der Waals surface area contributed by atoms with Crippen LogP contribution in [0.1, 0.15) is 26.5 Å². The molecule has 4 atom stereocenters. The predicted octanol–water partition coefficient (Wildman–Crippen LogP) is 2.56. The first kappa shape index (κ1) is 19.7. The summed E-state index contributed by atoms with van der Waals surface area (Å²) in [5.74, 6) is 0. The van der Waals surface area contributed by atoms with Gasteiger partial charge >= 0.3 is 6.01 Å². The van der Waals surface area contributed by atoms with Gasteiger partial charge in [-0.1, -0.05) is 20.8 Å². The van der Waals surface area contributed by atoms with E-state index in [9.17, 15) is 0 Å². The minimum absolute atomic E-state index is 0.0427. The number of rotatable bonds is 6. The molecule has 26 heavy (non-hydrogen) atoms. The minimum atomic E-state index is -1.83. The molecule has 0 radical (unpaired) electrons. The molecule has 0 bridgehead atoms. The Hall–Kier alpha value is -1.06. The van der Waals surface area contributed by atoms with Crippen LogP contribution >= 0.6 is 0 Å². The molecule has 7 nitrogen and oxygen atoms in total. The third-order valence-electron chi connectivity index (χ3n) is 5.60. The second-order valence-electron chi connectivity index (χ2n) is 8.41. The maximum atomic E-state index is 6.23. The van der Waals surface area contributed by atoms with E-state index in [1.54, 1.807) is 13.3 Å². The van der Waals surface area contributed by atoms with Gasteiger partial charge in [0, 0.05) is 13.3 Å². The van der Waals surface area contributed by atoms with Gasteiger partial charge in [0.25, 0.3) is 0 Å². The summed E-state index contributed by atoms with van der Waals surface area (Å²) < 4.78 is 29.1. The van der Waals surface area contributed by atoms with Crippen LogP contribution in [0.4, 0.5) is 0 Å². The van der Waals surface area contributed by atoms with E-state index in [1.165, 1.54) is 0 Å². The highest BCUT2D eigenvalue weighted by molar-refractivity contribution is 6.74. The number of hydrogen-bond donors (Lipinski definition) is 0. The normalized spacial score (nSPS) is 29.0. The maximum absolute atomic E-state index is 6.23. The molecular weight excluding hydrogens is 352 g/mol. The monoisotopic (exact) mass is 382 g/mol. The van der Waals surface area contributed by atoms with E-state index in [4.69, 9.17) is 23.4 Å². The highest BCUT2D eigenvalue weighted by Gasteiger charge is 2.49. The second kappa shape index (κ2) is 7.51. The van der Waals surface area contributed by atoms with Crippen molar-refractivity contribution in [2.45, 2.75) is 69.9 Å². The van der Waals surface area contributed by atoms with Gasteiger partial charge in [-0.15, -0.1) is 0 Å². The summed E-state index contributed by atoms with van der Waals surface area (Å²) in [6.07, 6.45) is 1.20.